The number of benzene rings is 1. The summed E-state index contributed by atoms with van der Waals surface area (Å²) in [4.78, 5) is 23.4. The van der Waals surface area contributed by atoms with Crippen LogP contribution in [-0.4, -0.2) is 11.9 Å². The molecule has 0 aliphatic rings. The molecule has 22 heavy (non-hydrogen) atoms. The van der Waals surface area contributed by atoms with Gasteiger partial charge >= 0.3 is 6.03 Å². The molecule has 1 heterocycles. The quantitative estimate of drug-likeness (QED) is 0.806. The second kappa shape index (κ2) is 6.44. The highest BCUT2D eigenvalue weighted by atomic mass is 32.1. The van der Waals surface area contributed by atoms with Gasteiger partial charge in [-0.1, -0.05) is 30.4 Å². The van der Waals surface area contributed by atoms with E-state index in [-0.39, 0.29) is 5.56 Å². The first-order valence-corrected chi connectivity index (χ1v) is 7.48. The van der Waals surface area contributed by atoms with Crippen LogP contribution in [-0.2, 0) is 0 Å². The third-order valence-corrected chi connectivity index (χ3v) is 4.19. The topological polar surface area (TPSA) is 98.2 Å². The number of hydrogen-bond acceptors (Lipinski definition) is 3. The number of carbonyl (C=O) groups is 2. The lowest BCUT2D eigenvalue weighted by atomic mass is 10.0. The van der Waals surface area contributed by atoms with Gasteiger partial charge in [-0.2, -0.15) is 0 Å². The van der Waals surface area contributed by atoms with Crippen LogP contribution >= 0.6 is 11.3 Å². The fraction of sp³-hybridized carbons (Fsp3) is 0.125. The molecule has 6 heteroatoms. The fourth-order valence-electron chi connectivity index (χ4n) is 2.17. The number of hydrogen-bond donors (Lipinski definition) is 3. The van der Waals surface area contributed by atoms with Gasteiger partial charge in [0.05, 0.1) is 5.56 Å². The molecule has 0 saturated heterocycles. The SMILES string of the molecule is C/C=C/c1ccc(-c2cc(C(N)=O)c(NC(N)=O)s2)c(C)c1. The molecule has 3 amide bonds. The third-order valence-electron chi connectivity index (χ3n) is 3.11. The van der Waals surface area contributed by atoms with E-state index in [4.69, 9.17) is 11.5 Å². The maximum absolute atomic E-state index is 11.5. The zero-order valence-electron chi connectivity index (χ0n) is 12.3. The minimum absolute atomic E-state index is 0.260. The van der Waals surface area contributed by atoms with Crippen molar-refractivity contribution in [3.8, 4) is 10.4 Å². The zero-order chi connectivity index (χ0) is 16.3. The van der Waals surface area contributed by atoms with Gasteiger partial charge in [0.1, 0.15) is 5.00 Å². The first kappa shape index (κ1) is 15.8. The summed E-state index contributed by atoms with van der Waals surface area (Å²) in [6.45, 7) is 3.95. The average Bonchev–Trinajstić information content (AvgIpc) is 2.82. The number of urea groups is 1. The molecule has 2 aromatic rings. The van der Waals surface area contributed by atoms with E-state index in [2.05, 4.69) is 11.4 Å². The van der Waals surface area contributed by atoms with E-state index in [0.717, 1.165) is 21.6 Å². The molecule has 0 spiro atoms. The second-order valence-corrected chi connectivity index (χ2v) is 5.83. The van der Waals surface area contributed by atoms with Crippen LogP contribution in [0.2, 0.25) is 0 Å². The number of carbonyl (C=O) groups excluding carboxylic acids is 2. The van der Waals surface area contributed by atoms with Crippen molar-refractivity contribution in [1.82, 2.24) is 0 Å². The Labute approximate surface area is 132 Å². The molecular formula is C16H17N3O2S. The van der Waals surface area contributed by atoms with E-state index in [0.29, 0.717) is 5.00 Å². The average molecular weight is 315 g/mol. The summed E-state index contributed by atoms with van der Waals surface area (Å²) in [5.74, 6) is -0.602. The number of nitrogens with one attached hydrogen (secondary N) is 1. The normalized spacial score (nSPS) is 10.8. The first-order valence-electron chi connectivity index (χ1n) is 6.66. The first-order chi connectivity index (χ1) is 10.4. The molecule has 1 aromatic heterocycles. The molecule has 2 rings (SSSR count). The van der Waals surface area contributed by atoms with Gasteiger partial charge in [-0.3, -0.25) is 10.1 Å². The summed E-state index contributed by atoms with van der Waals surface area (Å²) >= 11 is 1.27. The highest BCUT2D eigenvalue weighted by Crippen LogP contribution is 2.37. The molecule has 0 atom stereocenters. The van der Waals surface area contributed by atoms with E-state index < -0.39 is 11.9 Å². The standard InChI is InChI=1S/C16H17N3O2S/c1-3-4-10-5-6-11(9(2)7-10)13-8-12(14(17)20)15(22-13)19-16(18)21/h3-8H,1-2H3,(H2,17,20)(H3,18,19,21)/b4-3+. The summed E-state index contributed by atoms with van der Waals surface area (Å²) in [7, 11) is 0. The zero-order valence-corrected chi connectivity index (χ0v) is 13.2. The second-order valence-electron chi connectivity index (χ2n) is 4.78. The van der Waals surface area contributed by atoms with E-state index in [9.17, 15) is 9.59 Å². The number of amides is 3. The van der Waals surface area contributed by atoms with Crippen LogP contribution in [0.3, 0.4) is 0 Å². The van der Waals surface area contributed by atoms with Crippen molar-refractivity contribution < 1.29 is 9.59 Å². The lowest BCUT2D eigenvalue weighted by Gasteiger charge is -2.04. The Balaban J connectivity index is 2.49. The van der Waals surface area contributed by atoms with Crippen molar-refractivity contribution in [2.24, 2.45) is 11.5 Å². The largest absolute Gasteiger partial charge is 0.366 e. The summed E-state index contributed by atoms with van der Waals surface area (Å²) < 4.78 is 0. The number of rotatable bonds is 4. The molecule has 0 unspecified atom stereocenters. The van der Waals surface area contributed by atoms with Gasteiger partial charge in [-0.15, -0.1) is 11.3 Å². The minimum Gasteiger partial charge on any atom is -0.366 e. The van der Waals surface area contributed by atoms with Crippen molar-refractivity contribution >= 4 is 34.4 Å². The number of anilines is 1. The van der Waals surface area contributed by atoms with Gasteiger partial charge in [0, 0.05) is 4.88 Å². The van der Waals surface area contributed by atoms with Crippen molar-refractivity contribution in [3.05, 3.63) is 47.0 Å². The lowest BCUT2D eigenvalue weighted by molar-refractivity contribution is 0.100. The van der Waals surface area contributed by atoms with E-state index >= 15 is 0 Å². The Morgan fingerprint density at radius 1 is 1.23 bits per heavy atom. The molecule has 0 saturated carbocycles. The highest BCUT2D eigenvalue weighted by Gasteiger charge is 2.16. The van der Waals surface area contributed by atoms with Crippen LogP contribution in [0.4, 0.5) is 9.80 Å². The number of primary amides is 2. The molecule has 0 aliphatic carbocycles. The van der Waals surface area contributed by atoms with E-state index in [1.807, 2.05) is 38.1 Å². The summed E-state index contributed by atoms with van der Waals surface area (Å²) in [6.07, 6.45) is 3.99. The number of nitrogens with two attached hydrogens (primary N) is 2. The summed E-state index contributed by atoms with van der Waals surface area (Å²) in [5, 5.41) is 2.81. The van der Waals surface area contributed by atoms with Crippen LogP contribution in [0.25, 0.3) is 16.5 Å². The van der Waals surface area contributed by atoms with Crippen molar-refractivity contribution in [1.29, 1.82) is 0 Å². The van der Waals surface area contributed by atoms with Gasteiger partial charge in [0.15, 0.2) is 0 Å². The Kier molecular flexibility index (Phi) is 4.62. The van der Waals surface area contributed by atoms with Gasteiger partial charge in [0.2, 0.25) is 0 Å². The van der Waals surface area contributed by atoms with Crippen molar-refractivity contribution in [3.63, 3.8) is 0 Å². The van der Waals surface area contributed by atoms with Crippen molar-refractivity contribution in [2.75, 3.05) is 5.32 Å². The predicted molar refractivity (Wildman–Crippen MR) is 90.9 cm³/mol. The van der Waals surface area contributed by atoms with Gasteiger partial charge in [0.25, 0.3) is 5.91 Å². The molecular weight excluding hydrogens is 298 g/mol. The molecule has 0 bridgehead atoms. The van der Waals surface area contributed by atoms with Gasteiger partial charge in [-0.05, 0) is 36.6 Å². The van der Waals surface area contributed by atoms with Crippen LogP contribution < -0.4 is 16.8 Å². The Morgan fingerprint density at radius 3 is 2.50 bits per heavy atom. The number of allylic oxidation sites excluding steroid dienone is 1. The fourth-order valence-corrected chi connectivity index (χ4v) is 3.33. The minimum atomic E-state index is -0.726. The lowest BCUT2D eigenvalue weighted by Crippen LogP contribution is -2.21. The highest BCUT2D eigenvalue weighted by molar-refractivity contribution is 7.20. The molecule has 0 radical (unpaired) electrons. The maximum atomic E-state index is 11.5. The molecule has 0 aliphatic heterocycles. The summed E-state index contributed by atoms with van der Waals surface area (Å²) in [5.41, 5.74) is 13.9. The smallest absolute Gasteiger partial charge is 0.317 e. The summed E-state index contributed by atoms with van der Waals surface area (Å²) in [6, 6.07) is 6.98. The molecule has 5 nitrogen and oxygen atoms in total. The van der Waals surface area contributed by atoms with Crippen LogP contribution in [0.5, 0.6) is 0 Å². The molecule has 0 fully saturated rings. The van der Waals surface area contributed by atoms with Gasteiger partial charge in [-0.25, -0.2) is 4.79 Å². The van der Waals surface area contributed by atoms with Crippen molar-refractivity contribution in [2.45, 2.75) is 13.8 Å². The monoisotopic (exact) mass is 315 g/mol. The number of aryl methyl sites for hydroxylation is 1. The van der Waals surface area contributed by atoms with E-state index in [1.54, 1.807) is 6.07 Å². The Bertz CT molecular complexity index is 763. The number of thiophene rings is 1. The molecule has 1 aromatic carbocycles. The molecule has 5 N–H and O–H groups in total. The predicted octanol–water partition coefficient (Wildman–Crippen LogP) is 3.35. The Hall–Kier alpha value is -2.60. The van der Waals surface area contributed by atoms with E-state index in [1.165, 1.54) is 11.3 Å². The Morgan fingerprint density at radius 2 is 1.95 bits per heavy atom. The van der Waals surface area contributed by atoms with Crippen LogP contribution in [0, 0.1) is 6.92 Å². The van der Waals surface area contributed by atoms with Gasteiger partial charge < -0.3 is 11.5 Å². The van der Waals surface area contributed by atoms with Crippen LogP contribution in [0.1, 0.15) is 28.4 Å². The molecule has 114 valence electrons. The maximum Gasteiger partial charge on any atom is 0.317 e. The van der Waals surface area contributed by atoms with Crippen LogP contribution in [0.15, 0.2) is 30.3 Å². The third kappa shape index (κ3) is 3.35.